The van der Waals surface area contributed by atoms with Gasteiger partial charge in [-0.2, -0.15) is 0 Å². The van der Waals surface area contributed by atoms with E-state index >= 15 is 0 Å². The second-order valence-corrected chi connectivity index (χ2v) is 10.1. The lowest BCUT2D eigenvalue weighted by molar-refractivity contribution is -0.385. The number of nitrogens with one attached hydrogen (secondary N) is 1. The number of imide groups is 1. The minimum Gasteiger partial charge on any atom is -0.490 e. The summed E-state index contributed by atoms with van der Waals surface area (Å²) in [4.78, 5) is 56.1. The summed E-state index contributed by atoms with van der Waals surface area (Å²) in [5, 5.41) is 14.5. The first-order valence-corrected chi connectivity index (χ1v) is 12.0. The molecule has 3 saturated heterocycles. The largest absolute Gasteiger partial charge is 0.490 e. The summed E-state index contributed by atoms with van der Waals surface area (Å²) in [6, 6.07) is 6.31. The third-order valence-electron chi connectivity index (χ3n) is 8.63. The van der Waals surface area contributed by atoms with Gasteiger partial charge in [0.25, 0.3) is 0 Å². The number of nitrogens with zero attached hydrogens (tertiary/aromatic N) is 3. The number of ether oxygens (including phenoxy) is 1. The van der Waals surface area contributed by atoms with Crippen LogP contribution < -0.4 is 15.0 Å². The highest BCUT2D eigenvalue weighted by molar-refractivity contribution is 6.26. The van der Waals surface area contributed by atoms with Crippen LogP contribution in [0.15, 0.2) is 24.3 Å². The van der Waals surface area contributed by atoms with E-state index < -0.39 is 28.2 Å². The van der Waals surface area contributed by atoms with Crippen molar-refractivity contribution in [1.29, 1.82) is 0 Å². The average Bonchev–Trinajstić information content (AvgIpc) is 3.55. The molecule has 10 heteroatoms. The van der Waals surface area contributed by atoms with Gasteiger partial charge < -0.3 is 10.1 Å². The summed E-state index contributed by atoms with van der Waals surface area (Å²) in [5.41, 5.74) is 2.59. The summed E-state index contributed by atoms with van der Waals surface area (Å²) >= 11 is 0. The van der Waals surface area contributed by atoms with Crippen molar-refractivity contribution >= 4 is 34.8 Å². The number of amides is 3. The second kappa shape index (κ2) is 7.36. The maximum Gasteiger partial charge on any atom is 0.311 e. The quantitative estimate of drug-likeness (QED) is 0.399. The highest BCUT2D eigenvalue weighted by Crippen LogP contribution is 2.61. The number of benzene rings is 2. The molecule has 3 fully saturated rings. The van der Waals surface area contributed by atoms with Crippen LogP contribution in [0.2, 0.25) is 0 Å². The Balaban J connectivity index is 1.54. The molecule has 0 radical (unpaired) electrons. The normalized spacial score (nSPS) is 28.5. The van der Waals surface area contributed by atoms with Crippen molar-refractivity contribution in [2.24, 2.45) is 11.8 Å². The van der Waals surface area contributed by atoms with Gasteiger partial charge in [-0.1, -0.05) is 12.1 Å². The number of anilines is 2. The van der Waals surface area contributed by atoms with E-state index in [0.717, 1.165) is 33.7 Å². The van der Waals surface area contributed by atoms with E-state index in [1.807, 2.05) is 26.0 Å². The molecule has 186 valence electrons. The Morgan fingerprint density at radius 3 is 2.56 bits per heavy atom. The van der Waals surface area contributed by atoms with Crippen LogP contribution in [0.4, 0.5) is 17.1 Å². The molecule has 2 aromatic carbocycles. The minimum atomic E-state index is -1.26. The Bertz CT molecular complexity index is 1400. The lowest BCUT2D eigenvalue weighted by atomic mass is 9.75. The van der Waals surface area contributed by atoms with Crippen molar-refractivity contribution in [1.82, 2.24) is 4.90 Å². The van der Waals surface area contributed by atoms with Crippen molar-refractivity contribution in [2.75, 3.05) is 23.9 Å². The van der Waals surface area contributed by atoms with Gasteiger partial charge in [-0.3, -0.25) is 29.4 Å². The fraction of sp³-hybridized carbons (Fsp3) is 0.423. The molecular weight excluding hydrogens is 464 g/mol. The number of carbonyl (C=O) groups is 3. The van der Waals surface area contributed by atoms with Gasteiger partial charge in [0, 0.05) is 29.4 Å². The summed E-state index contributed by atoms with van der Waals surface area (Å²) < 4.78 is 5.21. The number of methoxy groups -OCH3 is 1. The molecule has 3 amide bonds. The molecule has 0 unspecified atom stereocenters. The Kier molecular flexibility index (Phi) is 4.63. The van der Waals surface area contributed by atoms with Crippen LogP contribution in [-0.4, -0.2) is 47.2 Å². The van der Waals surface area contributed by atoms with Gasteiger partial charge in [0.15, 0.2) is 5.75 Å². The van der Waals surface area contributed by atoms with Crippen LogP contribution in [0.1, 0.15) is 35.1 Å². The van der Waals surface area contributed by atoms with Gasteiger partial charge >= 0.3 is 5.69 Å². The lowest BCUT2D eigenvalue weighted by Crippen LogP contribution is -2.54. The average molecular weight is 491 g/mol. The first-order valence-electron chi connectivity index (χ1n) is 12.0. The van der Waals surface area contributed by atoms with Crippen molar-refractivity contribution in [3.05, 3.63) is 56.6 Å². The maximum atomic E-state index is 14.2. The van der Waals surface area contributed by atoms with Gasteiger partial charge in [0.2, 0.25) is 17.7 Å². The Labute approximate surface area is 207 Å². The van der Waals surface area contributed by atoms with Crippen LogP contribution in [0.25, 0.3) is 0 Å². The number of fused-ring (bicyclic) bond motifs is 7. The fourth-order valence-electron chi connectivity index (χ4n) is 6.97. The minimum absolute atomic E-state index is 0.0366. The van der Waals surface area contributed by atoms with Gasteiger partial charge in [0.05, 0.1) is 29.6 Å². The molecule has 0 aliphatic carbocycles. The Morgan fingerprint density at radius 2 is 1.86 bits per heavy atom. The molecule has 4 atom stereocenters. The van der Waals surface area contributed by atoms with Crippen LogP contribution >= 0.6 is 0 Å². The first kappa shape index (κ1) is 22.7. The van der Waals surface area contributed by atoms with E-state index in [2.05, 4.69) is 10.2 Å². The van der Waals surface area contributed by atoms with E-state index in [-0.39, 0.29) is 35.0 Å². The van der Waals surface area contributed by atoms with Crippen LogP contribution in [0.5, 0.6) is 5.75 Å². The number of carbonyl (C=O) groups excluding carboxylic acids is 3. The molecule has 0 saturated carbocycles. The van der Waals surface area contributed by atoms with E-state index in [4.69, 9.17) is 4.74 Å². The zero-order valence-electron chi connectivity index (χ0n) is 20.5. The van der Waals surface area contributed by atoms with Gasteiger partial charge in [0.1, 0.15) is 5.54 Å². The number of hydrogen-bond acceptors (Lipinski definition) is 7. The molecule has 0 aromatic heterocycles. The molecule has 6 rings (SSSR count). The predicted octanol–water partition coefficient (Wildman–Crippen LogP) is 2.96. The second-order valence-electron chi connectivity index (χ2n) is 10.1. The molecule has 36 heavy (non-hydrogen) atoms. The zero-order valence-corrected chi connectivity index (χ0v) is 20.5. The zero-order chi connectivity index (χ0) is 25.7. The Morgan fingerprint density at radius 1 is 1.11 bits per heavy atom. The van der Waals surface area contributed by atoms with E-state index in [1.165, 1.54) is 19.2 Å². The summed E-state index contributed by atoms with van der Waals surface area (Å²) in [5.74, 6) is -2.71. The van der Waals surface area contributed by atoms with Crippen LogP contribution in [0.3, 0.4) is 0 Å². The first-order chi connectivity index (χ1) is 17.1. The predicted molar refractivity (Wildman–Crippen MR) is 130 cm³/mol. The standard InChI is InChI=1S/C26H26N4O6/c1-12-7-8-15-22(14(12)3)27-25(33)26(15)21-20(16-6-5-9-28(16)26)23(31)29(24(21)32)17-11-19(36-4)18(30(34)35)10-13(17)2/h7-8,10-11,16,20-21H,5-6,9H2,1-4H3,(H,27,33)/t16-,20+,21+,26-/m0/s1. The van der Waals surface area contributed by atoms with Crippen molar-refractivity contribution in [3.63, 3.8) is 0 Å². The van der Waals surface area contributed by atoms with E-state index in [0.29, 0.717) is 18.5 Å². The van der Waals surface area contributed by atoms with E-state index in [1.54, 1.807) is 6.92 Å². The van der Waals surface area contributed by atoms with Gasteiger partial charge in [-0.05, 0) is 56.8 Å². The SMILES string of the molecule is COc1cc(N2C(=O)[C@@H]3[C@@H]4CCCN4[C@]4(C(=O)Nc5c4ccc(C)c5C)[C@H]3C2=O)c(C)cc1[N+](=O)[O-]. The monoisotopic (exact) mass is 490 g/mol. The molecule has 1 N–H and O–H groups in total. The molecule has 0 bridgehead atoms. The van der Waals surface area contributed by atoms with Crippen LogP contribution in [-0.2, 0) is 19.9 Å². The molecule has 1 spiro atoms. The molecule has 4 aliphatic rings. The lowest BCUT2D eigenvalue weighted by Gasteiger charge is -2.36. The number of nitro benzene ring substituents is 1. The van der Waals surface area contributed by atoms with Gasteiger partial charge in [-0.15, -0.1) is 0 Å². The highest BCUT2D eigenvalue weighted by Gasteiger charge is 2.74. The number of rotatable bonds is 3. The number of nitro groups is 1. The molecular formula is C26H26N4O6. The number of aryl methyl sites for hydroxylation is 2. The number of hydrogen-bond donors (Lipinski definition) is 1. The molecule has 4 heterocycles. The molecule has 10 nitrogen and oxygen atoms in total. The highest BCUT2D eigenvalue weighted by atomic mass is 16.6. The third kappa shape index (κ3) is 2.52. The van der Waals surface area contributed by atoms with Crippen molar-refractivity contribution in [3.8, 4) is 5.75 Å². The topological polar surface area (TPSA) is 122 Å². The maximum absolute atomic E-state index is 14.2. The fourth-order valence-corrected chi connectivity index (χ4v) is 6.97. The summed E-state index contributed by atoms with van der Waals surface area (Å²) in [7, 11) is 1.30. The Hall–Kier alpha value is -3.79. The molecule has 4 aliphatic heterocycles. The van der Waals surface area contributed by atoms with E-state index in [9.17, 15) is 24.5 Å². The van der Waals surface area contributed by atoms with Gasteiger partial charge in [-0.25, -0.2) is 4.90 Å². The summed E-state index contributed by atoms with van der Waals surface area (Å²) in [6.45, 7) is 6.17. The van der Waals surface area contributed by atoms with Crippen molar-refractivity contribution in [2.45, 2.75) is 45.2 Å². The third-order valence-corrected chi connectivity index (χ3v) is 8.63. The summed E-state index contributed by atoms with van der Waals surface area (Å²) in [6.07, 6.45) is 1.54. The van der Waals surface area contributed by atoms with Crippen LogP contribution in [0, 0.1) is 42.7 Å². The van der Waals surface area contributed by atoms with Crippen molar-refractivity contribution < 1.29 is 24.0 Å². The smallest absolute Gasteiger partial charge is 0.311 e. The molecule has 2 aromatic rings.